The van der Waals surface area contributed by atoms with E-state index in [1.54, 1.807) is 12.1 Å². The fraction of sp³-hybridized carbons (Fsp3) is 0.158. The third kappa shape index (κ3) is 3.29. The summed E-state index contributed by atoms with van der Waals surface area (Å²) in [7, 11) is 0. The third-order valence-corrected chi connectivity index (χ3v) is 3.75. The molecule has 0 aliphatic carbocycles. The van der Waals surface area contributed by atoms with Gasteiger partial charge < -0.3 is 5.73 Å². The molecule has 3 aromatic rings. The molecule has 0 aromatic heterocycles. The molecule has 0 heterocycles. The Kier molecular flexibility index (Phi) is 3.98. The SMILES string of the molecule is NC(Cc1cccc(F)c1)Cc1cccc2ccccc12. The smallest absolute Gasteiger partial charge is 0.123 e. The van der Waals surface area contributed by atoms with Gasteiger partial charge in [0.2, 0.25) is 0 Å². The second-order valence-electron chi connectivity index (χ2n) is 5.44. The second kappa shape index (κ2) is 6.06. The molecule has 0 saturated carbocycles. The minimum Gasteiger partial charge on any atom is -0.327 e. The summed E-state index contributed by atoms with van der Waals surface area (Å²) in [5.41, 5.74) is 8.45. The predicted octanol–water partition coefficient (Wildman–Crippen LogP) is 4.09. The number of halogens is 1. The van der Waals surface area contributed by atoms with Crippen molar-refractivity contribution in [3.8, 4) is 0 Å². The molecular formula is C19H18FN. The molecule has 0 radical (unpaired) electrons. The summed E-state index contributed by atoms with van der Waals surface area (Å²) < 4.78 is 13.2. The van der Waals surface area contributed by atoms with Crippen LogP contribution < -0.4 is 5.73 Å². The molecule has 1 atom stereocenters. The average Bonchev–Trinajstić information content (AvgIpc) is 2.47. The molecule has 3 aromatic carbocycles. The van der Waals surface area contributed by atoms with Crippen LogP contribution in [0.2, 0.25) is 0 Å². The Morgan fingerprint density at radius 1 is 0.857 bits per heavy atom. The Labute approximate surface area is 124 Å². The fourth-order valence-corrected chi connectivity index (χ4v) is 2.79. The number of hydrogen-bond donors (Lipinski definition) is 1. The normalized spacial score (nSPS) is 12.5. The standard InChI is InChI=1S/C19H18FN/c20-17-9-3-5-14(11-17)12-18(21)13-16-8-4-7-15-6-1-2-10-19(15)16/h1-11,18H,12-13,21H2. The number of nitrogens with two attached hydrogens (primary N) is 1. The fourth-order valence-electron chi connectivity index (χ4n) is 2.79. The molecule has 21 heavy (non-hydrogen) atoms. The number of rotatable bonds is 4. The van der Waals surface area contributed by atoms with E-state index in [4.69, 9.17) is 5.73 Å². The van der Waals surface area contributed by atoms with Gasteiger partial charge >= 0.3 is 0 Å². The van der Waals surface area contributed by atoms with Crippen molar-refractivity contribution in [2.24, 2.45) is 5.73 Å². The van der Waals surface area contributed by atoms with E-state index in [9.17, 15) is 4.39 Å². The molecule has 0 aliphatic heterocycles. The highest BCUT2D eigenvalue weighted by Gasteiger charge is 2.08. The molecular weight excluding hydrogens is 261 g/mol. The van der Waals surface area contributed by atoms with Gasteiger partial charge in [-0.1, -0.05) is 54.6 Å². The summed E-state index contributed by atoms with van der Waals surface area (Å²) in [6.45, 7) is 0. The van der Waals surface area contributed by atoms with Gasteiger partial charge in [0.1, 0.15) is 5.82 Å². The zero-order valence-corrected chi connectivity index (χ0v) is 11.8. The van der Waals surface area contributed by atoms with Gasteiger partial charge in [0.25, 0.3) is 0 Å². The van der Waals surface area contributed by atoms with Crippen LogP contribution in [0.5, 0.6) is 0 Å². The van der Waals surface area contributed by atoms with Crippen molar-refractivity contribution >= 4 is 10.8 Å². The molecule has 3 rings (SSSR count). The van der Waals surface area contributed by atoms with Crippen LogP contribution in [0, 0.1) is 5.82 Å². The van der Waals surface area contributed by atoms with E-state index in [1.807, 2.05) is 18.2 Å². The quantitative estimate of drug-likeness (QED) is 0.764. The Hall–Kier alpha value is -2.19. The van der Waals surface area contributed by atoms with Crippen LogP contribution in [-0.2, 0) is 12.8 Å². The Morgan fingerprint density at radius 2 is 1.62 bits per heavy atom. The van der Waals surface area contributed by atoms with Gasteiger partial charge in [0.05, 0.1) is 0 Å². The van der Waals surface area contributed by atoms with Crippen LogP contribution in [0.3, 0.4) is 0 Å². The van der Waals surface area contributed by atoms with Crippen LogP contribution in [-0.4, -0.2) is 6.04 Å². The van der Waals surface area contributed by atoms with E-state index < -0.39 is 0 Å². The molecule has 2 heteroatoms. The van der Waals surface area contributed by atoms with Gasteiger partial charge in [-0.25, -0.2) is 4.39 Å². The summed E-state index contributed by atoms with van der Waals surface area (Å²) in [5.74, 6) is -0.204. The summed E-state index contributed by atoms with van der Waals surface area (Å²) in [6.07, 6.45) is 1.47. The topological polar surface area (TPSA) is 26.0 Å². The number of benzene rings is 3. The van der Waals surface area contributed by atoms with Crippen molar-refractivity contribution in [2.45, 2.75) is 18.9 Å². The van der Waals surface area contributed by atoms with Gasteiger partial charge in [-0.15, -0.1) is 0 Å². The molecule has 0 saturated heterocycles. The molecule has 1 unspecified atom stereocenters. The van der Waals surface area contributed by atoms with Crippen molar-refractivity contribution < 1.29 is 4.39 Å². The highest BCUT2D eigenvalue weighted by Crippen LogP contribution is 2.20. The van der Waals surface area contributed by atoms with Crippen LogP contribution in [0.4, 0.5) is 4.39 Å². The zero-order valence-electron chi connectivity index (χ0n) is 11.8. The third-order valence-electron chi connectivity index (χ3n) is 3.75. The second-order valence-corrected chi connectivity index (χ2v) is 5.44. The van der Waals surface area contributed by atoms with Gasteiger partial charge in [-0.05, 0) is 46.9 Å². The predicted molar refractivity (Wildman–Crippen MR) is 85.7 cm³/mol. The largest absolute Gasteiger partial charge is 0.327 e. The molecule has 106 valence electrons. The van der Waals surface area contributed by atoms with Crippen molar-refractivity contribution in [3.05, 3.63) is 83.7 Å². The average molecular weight is 279 g/mol. The van der Waals surface area contributed by atoms with Gasteiger partial charge in [-0.3, -0.25) is 0 Å². The molecule has 0 aliphatic rings. The first-order chi connectivity index (χ1) is 10.2. The van der Waals surface area contributed by atoms with E-state index in [0.29, 0.717) is 6.42 Å². The maximum Gasteiger partial charge on any atom is 0.123 e. The van der Waals surface area contributed by atoms with Crippen LogP contribution in [0.25, 0.3) is 10.8 Å². The van der Waals surface area contributed by atoms with Crippen molar-refractivity contribution in [2.75, 3.05) is 0 Å². The highest BCUT2D eigenvalue weighted by molar-refractivity contribution is 5.85. The highest BCUT2D eigenvalue weighted by atomic mass is 19.1. The van der Waals surface area contributed by atoms with Crippen LogP contribution >= 0.6 is 0 Å². The molecule has 0 bridgehead atoms. The van der Waals surface area contributed by atoms with E-state index in [-0.39, 0.29) is 11.9 Å². The van der Waals surface area contributed by atoms with Crippen LogP contribution in [0.15, 0.2) is 66.7 Å². The summed E-state index contributed by atoms with van der Waals surface area (Å²) in [4.78, 5) is 0. The maximum absolute atomic E-state index is 13.2. The number of hydrogen-bond acceptors (Lipinski definition) is 1. The lowest BCUT2D eigenvalue weighted by atomic mass is 9.96. The Morgan fingerprint density at radius 3 is 2.48 bits per heavy atom. The first-order valence-corrected chi connectivity index (χ1v) is 7.19. The lowest BCUT2D eigenvalue weighted by molar-refractivity contribution is 0.618. The van der Waals surface area contributed by atoms with Gasteiger partial charge in [0.15, 0.2) is 0 Å². The lowest BCUT2D eigenvalue weighted by Crippen LogP contribution is -2.25. The molecule has 0 amide bonds. The van der Waals surface area contributed by atoms with E-state index in [0.717, 1.165) is 12.0 Å². The van der Waals surface area contributed by atoms with E-state index in [1.165, 1.54) is 22.4 Å². The summed E-state index contributed by atoms with van der Waals surface area (Å²) in [6, 6.07) is 21.3. The molecule has 0 spiro atoms. The first kappa shape index (κ1) is 13.8. The number of fused-ring (bicyclic) bond motifs is 1. The maximum atomic E-state index is 13.2. The Balaban J connectivity index is 1.79. The Bertz CT molecular complexity index is 746. The summed E-state index contributed by atoms with van der Waals surface area (Å²) in [5, 5.41) is 2.47. The minimum atomic E-state index is -0.204. The molecule has 1 nitrogen and oxygen atoms in total. The lowest BCUT2D eigenvalue weighted by Gasteiger charge is -2.14. The first-order valence-electron chi connectivity index (χ1n) is 7.19. The van der Waals surface area contributed by atoms with Gasteiger partial charge in [0, 0.05) is 6.04 Å². The van der Waals surface area contributed by atoms with E-state index >= 15 is 0 Å². The molecule has 2 N–H and O–H groups in total. The zero-order chi connectivity index (χ0) is 14.7. The summed E-state index contributed by atoms with van der Waals surface area (Å²) >= 11 is 0. The van der Waals surface area contributed by atoms with Crippen LogP contribution in [0.1, 0.15) is 11.1 Å². The minimum absolute atomic E-state index is 0.0161. The monoisotopic (exact) mass is 279 g/mol. The van der Waals surface area contributed by atoms with E-state index in [2.05, 4.69) is 30.3 Å². The van der Waals surface area contributed by atoms with Gasteiger partial charge in [-0.2, -0.15) is 0 Å². The van der Waals surface area contributed by atoms with Crippen molar-refractivity contribution in [1.29, 1.82) is 0 Å². The molecule has 0 fully saturated rings. The van der Waals surface area contributed by atoms with Crippen molar-refractivity contribution in [1.82, 2.24) is 0 Å². The van der Waals surface area contributed by atoms with Crippen molar-refractivity contribution in [3.63, 3.8) is 0 Å².